The lowest BCUT2D eigenvalue weighted by Gasteiger charge is -2.27. The molecule has 9 heteroatoms. The van der Waals surface area contributed by atoms with Crippen LogP contribution in [0.3, 0.4) is 0 Å². The number of morpholine rings is 1. The summed E-state index contributed by atoms with van der Waals surface area (Å²) >= 11 is 0. The van der Waals surface area contributed by atoms with Crippen molar-refractivity contribution in [3.05, 3.63) is 71.4 Å². The SMILES string of the molecule is CCc1ccc(N2C(=O)NC(=O)/C(=C/c3cn(CC(=O)N4CCOCC4)c4ccccc34)C2=O)cc1. The first-order chi connectivity index (χ1) is 17.5. The molecule has 0 atom stereocenters. The third-order valence-electron chi connectivity index (χ3n) is 6.49. The predicted molar refractivity (Wildman–Crippen MR) is 134 cm³/mol. The van der Waals surface area contributed by atoms with Gasteiger partial charge in [0.2, 0.25) is 5.91 Å². The number of nitrogens with one attached hydrogen (secondary N) is 1. The topological polar surface area (TPSA) is 101 Å². The average Bonchev–Trinajstić information content (AvgIpc) is 3.24. The maximum atomic E-state index is 13.3. The summed E-state index contributed by atoms with van der Waals surface area (Å²) in [5.74, 6) is -1.49. The van der Waals surface area contributed by atoms with Gasteiger partial charge >= 0.3 is 6.03 Å². The number of barbiturate groups is 1. The maximum Gasteiger partial charge on any atom is 0.335 e. The monoisotopic (exact) mass is 486 g/mol. The number of carbonyl (C=O) groups excluding carboxylic acids is 4. The van der Waals surface area contributed by atoms with Crippen LogP contribution in [0.25, 0.3) is 17.0 Å². The summed E-state index contributed by atoms with van der Waals surface area (Å²) in [4.78, 5) is 54.2. The van der Waals surface area contributed by atoms with Crippen molar-refractivity contribution in [2.45, 2.75) is 19.9 Å². The molecule has 0 aliphatic carbocycles. The number of rotatable bonds is 5. The van der Waals surface area contributed by atoms with Crippen molar-refractivity contribution >= 4 is 46.4 Å². The Morgan fingerprint density at radius 2 is 1.75 bits per heavy atom. The number of carbonyl (C=O) groups is 4. The van der Waals surface area contributed by atoms with Gasteiger partial charge in [0.05, 0.1) is 18.9 Å². The third kappa shape index (κ3) is 4.40. The number of anilines is 1. The fourth-order valence-electron chi connectivity index (χ4n) is 4.51. The minimum absolute atomic E-state index is 0.0305. The van der Waals surface area contributed by atoms with Crippen LogP contribution >= 0.6 is 0 Å². The van der Waals surface area contributed by atoms with Crippen LogP contribution in [0, 0.1) is 0 Å². The molecule has 5 amide bonds. The van der Waals surface area contributed by atoms with E-state index in [2.05, 4.69) is 5.32 Å². The molecule has 1 aromatic heterocycles. The summed E-state index contributed by atoms with van der Waals surface area (Å²) in [5.41, 5.74) is 2.70. The van der Waals surface area contributed by atoms with E-state index in [1.807, 2.05) is 47.9 Å². The first-order valence-electron chi connectivity index (χ1n) is 11.9. The van der Waals surface area contributed by atoms with Gasteiger partial charge in [-0.15, -0.1) is 0 Å². The summed E-state index contributed by atoms with van der Waals surface area (Å²) in [5, 5.41) is 3.05. The van der Waals surface area contributed by atoms with Crippen molar-refractivity contribution in [3.63, 3.8) is 0 Å². The zero-order valence-electron chi connectivity index (χ0n) is 19.9. The number of aromatic nitrogens is 1. The van der Waals surface area contributed by atoms with Crippen LogP contribution in [0.5, 0.6) is 0 Å². The minimum atomic E-state index is -0.787. The summed E-state index contributed by atoms with van der Waals surface area (Å²) in [7, 11) is 0. The Kier molecular flexibility index (Phi) is 6.39. The van der Waals surface area contributed by atoms with Gasteiger partial charge in [0.1, 0.15) is 12.1 Å². The number of urea groups is 1. The van der Waals surface area contributed by atoms with Crippen LogP contribution in [-0.2, 0) is 32.1 Å². The highest BCUT2D eigenvalue weighted by molar-refractivity contribution is 6.39. The second kappa shape index (κ2) is 9.79. The Bertz CT molecular complexity index is 1380. The molecule has 2 fully saturated rings. The quantitative estimate of drug-likeness (QED) is 0.442. The molecule has 0 unspecified atom stereocenters. The molecule has 36 heavy (non-hydrogen) atoms. The predicted octanol–water partition coefficient (Wildman–Crippen LogP) is 2.73. The molecule has 3 heterocycles. The number of para-hydroxylation sites is 1. The van der Waals surface area contributed by atoms with Gasteiger partial charge in [0, 0.05) is 35.8 Å². The zero-order valence-corrected chi connectivity index (χ0v) is 19.9. The van der Waals surface area contributed by atoms with Crippen molar-refractivity contribution < 1.29 is 23.9 Å². The number of hydrogen-bond donors (Lipinski definition) is 1. The number of imide groups is 2. The van der Waals surface area contributed by atoms with Gasteiger partial charge in [0.25, 0.3) is 11.8 Å². The summed E-state index contributed by atoms with van der Waals surface area (Å²) in [6.07, 6.45) is 4.06. The number of aryl methyl sites for hydroxylation is 1. The van der Waals surface area contributed by atoms with Gasteiger partial charge < -0.3 is 14.2 Å². The number of fused-ring (bicyclic) bond motifs is 1. The lowest BCUT2D eigenvalue weighted by molar-refractivity contribution is -0.135. The highest BCUT2D eigenvalue weighted by Crippen LogP contribution is 2.27. The molecule has 0 saturated carbocycles. The van der Waals surface area contributed by atoms with Crippen molar-refractivity contribution in [2.75, 3.05) is 31.2 Å². The molecular formula is C27H26N4O5. The van der Waals surface area contributed by atoms with Gasteiger partial charge in [-0.3, -0.25) is 19.7 Å². The molecule has 2 saturated heterocycles. The molecule has 184 valence electrons. The standard InChI is InChI=1S/C27H26N4O5/c1-2-18-7-9-20(10-8-18)31-26(34)22(25(33)28-27(31)35)15-19-16-30(23-6-4-3-5-21(19)23)17-24(32)29-11-13-36-14-12-29/h3-10,15-16H,2,11-14,17H2,1H3,(H,28,33,35)/b22-15-. The highest BCUT2D eigenvalue weighted by Gasteiger charge is 2.37. The fourth-order valence-corrected chi connectivity index (χ4v) is 4.51. The number of amides is 5. The fraction of sp³-hybridized carbons (Fsp3) is 0.259. The Morgan fingerprint density at radius 3 is 2.47 bits per heavy atom. The third-order valence-corrected chi connectivity index (χ3v) is 6.49. The van der Waals surface area contributed by atoms with Crippen LogP contribution < -0.4 is 10.2 Å². The van der Waals surface area contributed by atoms with E-state index in [1.165, 1.54) is 6.08 Å². The van der Waals surface area contributed by atoms with E-state index >= 15 is 0 Å². The number of benzene rings is 2. The van der Waals surface area contributed by atoms with E-state index in [0.717, 1.165) is 27.8 Å². The summed E-state index contributed by atoms with van der Waals surface area (Å²) in [6.45, 7) is 4.27. The van der Waals surface area contributed by atoms with Crippen LogP contribution in [0.15, 0.2) is 60.3 Å². The van der Waals surface area contributed by atoms with Crippen LogP contribution in [0.4, 0.5) is 10.5 Å². The van der Waals surface area contributed by atoms with Gasteiger partial charge in [-0.2, -0.15) is 0 Å². The Morgan fingerprint density at radius 1 is 1.03 bits per heavy atom. The largest absolute Gasteiger partial charge is 0.378 e. The highest BCUT2D eigenvalue weighted by atomic mass is 16.5. The van der Waals surface area contributed by atoms with E-state index in [-0.39, 0.29) is 18.0 Å². The molecule has 0 bridgehead atoms. The van der Waals surface area contributed by atoms with Gasteiger partial charge in [0.15, 0.2) is 0 Å². The minimum Gasteiger partial charge on any atom is -0.378 e. The van der Waals surface area contributed by atoms with Crippen molar-refractivity contribution in [2.24, 2.45) is 0 Å². The first kappa shape index (κ1) is 23.5. The van der Waals surface area contributed by atoms with Crippen molar-refractivity contribution in [1.29, 1.82) is 0 Å². The molecule has 1 N–H and O–H groups in total. The Labute approximate surface area is 207 Å². The summed E-state index contributed by atoms with van der Waals surface area (Å²) in [6, 6.07) is 13.8. The van der Waals surface area contributed by atoms with Crippen molar-refractivity contribution in [1.82, 2.24) is 14.8 Å². The Hall–Kier alpha value is -4.24. The van der Waals surface area contributed by atoms with Crippen molar-refractivity contribution in [3.8, 4) is 0 Å². The van der Waals surface area contributed by atoms with Crippen LogP contribution in [0.1, 0.15) is 18.1 Å². The second-order valence-corrected chi connectivity index (χ2v) is 8.70. The smallest absolute Gasteiger partial charge is 0.335 e. The first-order valence-corrected chi connectivity index (χ1v) is 11.9. The molecule has 0 radical (unpaired) electrons. The summed E-state index contributed by atoms with van der Waals surface area (Å²) < 4.78 is 7.15. The second-order valence-electron chi connectivity index (χ2n) is 8.70. The molecule has 5 rings (SSSR count). The average molecular weight is 487 g/mol. The molecule has 0 spiro atoms. The van der Waals surface area contributed by atoms with Gasteiger partial charge in [-0.05, 0) is 36.3 Å². The van der Waals surface area contributed by atoms with E-state index < -0.39 is 17.8 Å². The van der Waals surface area contributed by atoms with Gasteiger partial charge in [-0.1, -0.05) is 37.3 Å². The van der Waals surface area contributed by atoms with Crippen LogP contribution in [-0.4, -0.2) is 59.5 Å². The molecule has 2 aliphatic heterocycles. The van der Waals surface area contributed by atoms with E-state index in [0.29, 0.717) is 37.6 Å². The Balaban J connectivity index is 1.49. The maximum absolute atomic E-state index is 13.3. The number of nitrogens with zero attached hydrogens (tertiary/aromatic N) is 3. The normalized spacial score (nSPS) is 17.7. The van der Waals surface area contributed by atoms with E-state index in [1.54, 1.807) is 23.2 Å². The molecule has 9 nitrogen and oxygen atoms in total. The molecule has 3 aromatic rings. The molecular weight excluding hydrogens is 460 g/mol. The number of hydrogen-bond acceptors (Lipinski definition) is 5. The number of ether oxygens (including phenoxy) is 1. The zero-order chi connectivity index (χ0) is 25.2. The van der Waals surface area contributed by atoms with E-state index in [9.17, 15) is 19.2 Å². The van der Waals surface area contributed by atoms with Crippen LogP contribution in [0.2, 0.25) is 0 Å². The lowest BCUT2D eigenvalue weighted by atomic mass is 10.1. The van der Waals surface area contributed by atoms with Gasteiger partial charge in [-0.25, -0.2) is 9.69 Å². The lowest BCUT2D eigenvalue weighted by Crippen LogP contribution is -2.54. The van der Waals surface area contributed by atoms with E-state index in [4.69, 9.17) is 4.74 Å². The molecule has 2 aromatic carbocycles. The molecule has 2 aliphatic rings.